The Morgan fingerprint density at radius 2 is 0.635 bits per heavy atom. The molecule has 12 aromatic carbocycles. The average molecular weight is 945 g/mol. The summed E-state index contributed by atoms with van der Waals surface area (Å²) >= 11 is 0. The Balaban J connectivity index is 0.944. The Morgan fingerprint density at radius 1 is 0.270 bits per heavy atom. The van der Waals surface area contributed by atoms with Gasteiger partial charge in [0.05, 0.1) is 45.5 Å². The predicted molar refractivity (Wildman–Crippen MR) is 313 cm³/mol. The molecular weight excluding hydrogens is 897 g/mol. The highest BCUT2D eigenvalue weighted by molar-refractivity contribution is 6.23. The number of hydrogen-bond donors (Lipinski definition) is 0. The van der Waals surface area contributed by atoms with Crippen molar-refractivity contribution >= 4 is 107 Å². The van der Waals surface area contributed by atoms with Crippen molar-refractivity contribution in [2.24, 2.45) is 0 Å². The van der Waals surface area contributed by atoms with Crippen molar-refractivity contribution in [3.8, 4) is 22.3 Å². The summed E-state index contributed by atoms with van der Waals surface area (Å²) in [5.41, 5.74) is 21.1. The minimum atomic E-state index is 1.08. The number of hydrogen-bond acceptors (Lipinski definition) is 4. The van der Waals surface area contributed by atoms with Crippen molar-refractivity contribution in [3.05, 3.63) is 272 Å². The standard InChI is InChI=1S/C70H48N4/c1-3-21-49(22-4-1)69-57-41-39-56(74-67-33-17-13-29-63(67)72(64-30-14-18-34-68(64)74)54-38-36-48-20-8-10-26-52(48)44-54)46-60(57)70(50-23-5-2-6-24-50)58-42-40-55(45-59(58)69)73-65-31-15-11-27-61(65)71(62-28-12-16-32-66(62)73)53-37-35-47-19-7-9-25-51(47)43-53/h1-7,9-19,21-46H,8,20H2. The maximum atomic E-state index is 2.47. The third-order valence-electron chi connectivity index (χ3n) is 15.4. The van der Waals surface area contributed by atoms with Crippen LogP contribution >= 0.6 is 0 Å². The molecule has 0 saturated carbocycles. The number of para-hydroxylation sites is 8. The van der Waals surface area contributed by atoms with E-state index in [-0.39, 0.29) is 0 Å². The summed E-state index contributed by atoms with van der Waals surface area (Å²) in [5.74, 6) is 0. The van der Waals surface area contributed by atoms with Gasteiger partial charge in [0.15, 0.2) is 0 Å². The van der Waals surface area contributed by atoms with E-state index in [9.17, 15) is 0 Å². The lowest BCUT2D eigenvalue weighted by molar-refractivity contribution is 0.985. The van der Waals surface area contributed by atoms with Crippen molar-refractivity contribution < 1.29 is 0 Å². The number of allylic oxidation sites excluding steroid dienone is 1. The number of benzene rings is 12. The second-order valence-electron chi connectivity index (χ2n) is 19.6. The molecule has 2 aliphatic heterocycles. The molecular formula is C70H48N4. The van der Waals surface area contributed by atoms with Gasteiger partial charge < -0.3 is 19.6 Å². The van der Waals surface area contributed by atoms with E-state index in [1.807, 2.05) is 0 Å². The molecule has 0 amide bonds. The summed E-state index contributed by atoms with van der Waals surface area (Å²) in [6.07, 6.45) is 6.76. The summed E-state index contributed by atoms with van der Waals surface area (Å²) in [6, 6.07) is 94.1. The highest BCUT2D eigenvalue weighted by atomic mass is 15.3. The zero-order valence-corrected chi connectivity index (χ0v) is 40.6. The monoisotopic (exact) mass is 944 g/mol. The van der Waals surface area contributed by atoms with Gasteiger partial charge in [0.1, 0.15) is 0 Å². The third kappa shape index (κ3) is 6.62. The molecule has 0 aromatic heterocycles. The second-order valence-corrected chi connectivity index (χ2v) is 19.6. The molecule has 0 spiro atoms. The number of fused-ring (bicyclic) bond motifs is 8. The first-order chi connectivity index (χ1) is 36.7. The van der Waals surface area contributed by atoms with E-state index in [1.165, 1.54) is 65.7 Å². The topological polar surface area (TPSA) is 13.0 Å². The fourth-order valence-electron chi connectivity index (χ4n) is 12.2. The molecule has 0 N–H and O–H groups in total. The van der Waals surface area contributed by atoms with Crippen molar-refractivity contribution in [2.75, 3.05) is 19.6 Å². The lowest BCUT2D eigenvalue weighted by atomic mass is 9.85. The maximum absolute atomic E-state index is 2.47. The molecule has 0 radical (unpaired) electrons. The minimum Gasteiger partial charge on any atom is -0.306 e. The van der Waals surface area contributed by atoms with Gasteiger partial charge >= 0.3 is 0 Å². The first kappa shape index (κ1) is 42.1. The fourth-order valence-corrected chi connectivity index (χ4v) is 12.2. The Hall–Kier alpha value is -9.64. The summed E-state index contributed by atoms with van der Waals surface area (Å²) in [6.45, 7) is 0. The number of anilines is 12. The molecule has 4 nitrogen and oxygen atoms in total. The fraction of sp³-hybridized carbons (Fsp3) is 0.0286. The molecule has 4 heteroatoms. The average Bonchev–Trinajstić information content (AvgIpc) is 3.50. The summed E-state index contributed by atoms with van der Waals surface area (Å²) in [4.78, 5) is 9.79. The van der Waals surface area contributed by atoms with Gasteiger partial charge in [-0.15, -0.1) is 0 Å². The van der Waals surface area contributed by atoms with Crippen molar-refractivity contribution in [3.63, 3.8) is 0 Å². The molecule has 0 atom stereocenters. The van der Waals surface area contributed by atoms with E-state index in [2.05, 4.69) is 287 Å². The first-order valence-corrected chi connectivity index (χ1v) is 25.7. The number of nitrogens with zero attached hydrogens (tertiary/aromatic N) is 4. The molecule has 1 aliphatic carbocycles. The minimum absolute atomic E-state index is 1.08. The zero-order valence-electron chi connectivity index (χ0n) is 40.6. The van der Waals surface area contributed by atoms with Gasteiger partial charge in [-0.1, -0.05) is 170 Å². The Labute approximate surface area is 431 Å². The number of rotatable bonds is 6. The first-order valence-electron chi connectivity index (χ1n) is 25.7. The van der Waals surface area contributed by atoms with Crippen LogP contribution in [0.5, 0.6) is 0 Å². The molecule has 2 heterocycles. The van der Waals surface area contributed by atoms with Gasteiger partial charge in [-0.25, -0.2) is 0 Å². The molecule has 12 aromatic rings. The van der Waals surface area contributed by atoms with E-state index in [0.29, 0.717) is 0 Å². The van der Waals surface area contributed by atoms with Gasteiger partial charge in [0.25, 0.3) is 0 Å². The highest BCUT2D eigenvalue weighted by Gasteiger charge is 2.33. The zero-order chi connectivity index (χ0) is 48.7. The Bertz CT molecular complexity index is 4140. The lowest BCUT2D eigenvalue weighted by Gasteiger charge is -2.40. The van der Waals surface area contributed by atoms with Crippen LogP contribution in [0, 0.1) is 0 Å². The molecule has 0 unspecified atom stereocenters. The summed E-state index contributed by atoms with van der Waals surface area (Å²) < 4.78 is 0. The summed E-state index contributed by atoms with van der Waals surface area (Å²) in [7, 11) is 0. The van der Waals surface area contributed by atoms with Crippen LogP contribution in [0.2, 0.25) is 0 Å². The van der Waals surface area contributed by atoms with Crippen LogP contribution in [0.4, 0.5) is 68.2 Å². The summed E-state index contributed by atoms with van der Waals surface area (Å²) in [5, 5.41) is 7.25. The van der Waals surface area contributed by atoms with Crippen LogP contribution in [0.25, 0.3) is 60.6 Å². The molecule has 74 heavy (non-hydrogen) atoms. The highest BCUT2D eigenvalue weighted by Crippen LogP contribution is 2.58. The van der Waals surface area contributed by atoms with E-state index >= 15 is 0 Å². The van der Waals surface area contributed by atoms with Crippen LogP contribution in [0.1, 0.15) is 17.5 Å². The van der Waals surface area contributed by atoms with Crippen LogP contribution < -0.4 is 19.6 Å². The van der Waals surface area contributed by atoms with Crippen LogP contribution in [0.3, 0.4) is 0 Å². The van der Waals surface area contributed by atoms with Crippen molar-refractivity contribution in [2.45, 2.75) is 12.8 Å². The molecule has 0 saturated heterocycles. The molecule has 348 valence electrons. The van der Waals surface area contributed by atoms with Crippen LogP contribution in [-0.4, -0.2) is 0 Å². The van der Waals surface area contributed by atoms with Gasteiger partial charge in [0, 0.05) is 22.7 Å². The third-order valence-corrected chi connectivity index (χ3v) is 15.4. The van der Waals surface area contributed by atoms with E-state index < -0.39 is 0 Å². The van der Waals surface area contributed by atoms with Gasteiger partial charge in [-0.05, 0) is 176 Å². The van der Waals surface area contributed by atoms with Crippen molar-refractivity contribution in [1.29, 1.82) is 0 Å². The van der Waals surface area contributed by atoms with Crippen LogP contribution in [0.15, 0.2) is 261 Å². The molecule has 3 aliphatic rings. The Morgan fingerprint density at radius 3 is 1.09 bits per heavy atom. The van der Waals surface area contributed by atoms with Crippen molar-refractivity contribution in [1.82, 2.24) is 0 Å². The smallest absolute Gasteiger partial charge is 0.0703 e. The lowest BCUT2D eigenvalue weighted by Crippen LogP contribution is -2.24. The van der Waals surface area contributed by atoms with E-state index in [0.717, 1.165) is 81.1 Å². The number of aryl methyl sites for hydroxylation is 1. The van der Waals surface area contributed by atoms with E-state index in [1.54, 1.807) is 0 Å². The molecule has 0 fully saturated rings. The molecule has 15 rings (SSSR count). The quantitative estimate of drug-likeness (QED) is 0.154. The normalized spacial score (nSPS) is 13.4. The maximum Gasteiger partial charge on any atom is 0.0703 e. The van der Waals surface area contributed by atoms with Gasteiger partial charge in [-0.2, -0.15) is 0 Å². The SMILES string of the molecule is C1=Cc2cc(N3c4ccccc4N(c4ccc5c(-c6ccccc6)c6cc(N7c8ccccc8N(c8ccc9ccccc9c8)c8ccccc87)ccc6c(-c6ccccc6)c5c4)c4ccccc43)ccc2CC1. The van der Waals surface area contributed by atoms with E-state index in [4.69, 9.17) is 0 Å². The van der Waals surface area contributed by atoms with Gasteiger partial charge in [0.2, 0.25) is 0 Å². The van der Waals surface area contributed by atoms with Gasteiger partial charge in [-0.3, -0.25) is 0 Å². The molecule has 0 bridgehead atoms. The largest absolute Gasteiger partial charge is 0.306 e. The second kappa shape index (κ2) is 17.0. The Kier molecular flexibility index (Phi) is 9.67. The van der Waals surface area contributed by atoms with Crippen LogP contribution in [-0.2, 0) is 6.42 Å². The predicted octanol–water partition coefficient (Wildman–Crippen LogP) is 19.9.